The minimum Gasteiger partial charge on any atom is -0.335 e. The summed E-state index contributed by atoms with van der Waals surface area (Å²) in [4.78, 5) is 14.5. The van der Waals surface area contributed by atoms with Crippen molar-refractivity contribution in [1.82, 2.24) is 10.2 Å². The number of carbonyl (C=O) groups is 1. The van der Waals surface area contributed by atoms with Crippen molar-refractivity contribution in [2.45, 2.75) is 49.8 Å². The predicted octanol–water partition coefficient (Wildman–Crippen LogP) is 4.86. The van der Waals surface area contributed by atoms with E-state index in [2.05, 4.69) is 11.4 Å². The zero-order valence-corrected chi connectivity index (χ0v) is 15.0. The molecular weight excluding hydrogens is 328 g/mol. The van der Waals surface area contributed by atoms with Crippen LogP contribution in [0.4, 0.5) is 4.79 Å². The van der Waals surface area contributed by atoms with E-state index in [1.807, 2.05) is 34.9 Å². The van der Waals surface area contributed by atoms with Crippen LogP contribution in [0.5, 0.6) is 0 Å². The molecule has 126 valence electrons. The third-order valence-corrected chi connectivity index (χ3v) is 6.47. The lowest BCUT2D eigenvalue weighted by Crippen LogP contribution is -2.46. The summed E-state index contributed by atoms with van der Waals surface area (Å²) in [5, 5.41) is 4.46. The minimum absolute atomic E-state index is 0.123. The average Bonchev–Trinajstić information content (AvgIpc) is 2.82. The fraction of sp³-hybridized carbons (Fsp3) is 0.611. The Labute approximate surface area is 148 Å². The SMILES string of the molecule is O=C(NC1CCCCC1)N1CCSC(c2ccccc2Cl)CC1. The molecule has 1 aromatic carbocycles. The highest BCUT2D eigenvalue weighted by Gasteiger charge is 2.25. The molecule has 0 aromatic heterocycles. The average molecular weight is 353 g/mol. The lowest BCUT2D eigenvalue weighted by atomic mass is 9.96. The van der Waals surface area contributed by atoms with Gasteiger partial charge in [-0.25, -0.2) is 4.79 Å². The van der Waals surface area contributed by atoms with Crippen molar-refractivity contribution in [3.05, 3.63) is 34.9 Å². The molecule has 2 fully saturated rings. The molecule has 0 spiro atoms. The number of rotatable bonds is 2. The maximum absolute atomic E-state index is 12.5. The molecule has 1 atom stereocenters. The summed E-state index contributed by atoms with van der Waals surface area (Å²) in [7, 11) is 0. The molecule has 3 rings (SSSR count). The van der Waals surface area contributed by atoms with Crippen LogP contribution in [0, 0.1) is 0 Å². The van der Waals surface area contributed by atoms with Crippen LogP contribution in [0.2, 0.25) is 5.02 Å². The van der Waals surface area contributed by atoms with Gasteiger partial charge in [-0.05, 0) is 30.9 Å². The topological polar surface area (TPSA) is 32.3 Å². The van der Waals surface area contributed by atoms with Gasteiger partial charge in [0.05, 0.1) is 0 Å². The monoisotopic (exact) mass is 352 g/mol. The number of thioether (sulfide) groups is 1. The smallest absolute Gasteiger partial charge is 0.317 e. The first-order valence-corrected chi connectivity index (χ1v) is 10.1. The number of nitrogens with zero attached hydrogens (tertiary/aromatic N) is 1. The Hall–Kier alpha value is -0.870. The zero-order chi connectivity index (χ0) is 16.1. The van der Waals surface area contributed by atoms with E-state index in [0.717, 1.165) is 43.1 Å². The minimum atomic E-state index is 0.123. The first kappa shape index (κ1) is 17.0. The first-order valence-electron chi connectivity index (χ1n) is 8.65. The van der Waals surface area contributed by atoms with E-state index < -0.39 is 0 Å². The summed E-state index contributed by atoms with van der Waals surface area (Å²) in [5.41, 5.74) is 1.20. The van der Waals surface area contributed by atoms with E-state index in [-0.39, 0.29) is 6.03 Å². The van der Waals surface area contributed by atoms with Crippen LogP contribution in [0.15, 0.2) is 24.3 Å². The molecule has 1 aliphatic heterocycles. The Kier molecular flexibility index (Phi) is 6.12. The highest BCUT2D eigenvalue weighted by atomic mass is 35.5. The van der Waals surface area contributed by atoms with E-state index in [1.54, 1.807) is 0 Å². The normalized spacial score (nSPS) is 23.3. The molecule has 23 heavy (non-hydrogen) atoms. The lowest BCUT2D eigenvalue weighted by Gasteiger charge is -2.27. The van der Waals surface area contributed by atoms with E-state index in [0.29, 0.717) is 11.3 Å². The number of nitrogens with one attached hydrogen (secondary N) is 1. The van der Waals surface area contributed by atoms with Gasteiger partial charge in [-0.2, -0.15) is 11.8 Å². The van der Waals surface area contributed by atoms with Gasteiger partial charge in [-0.15, -0.1) is 0 Å². The number of hydrogen-bond acceptors (Lipinski definition) is 2. The quantitative estimate of drug-likeness (QED) is 0.824. The van der Waals surface area contributed by atoms with Gasteiger partial charge in [0.25, 0.3) is 0 Å². The van der Waals surface area contributed by atoms with Crippen LogP contribution in [-0.2, 0) is 0 Å². The summed E-state index contributed by atoms with van der Waals surface area (Å²) in [5.74, 6) is 0.966. The Morgan fingerprint density at radius 2 is 1.91 bits per heavy atom. The highest BCUT2D eigenvalue weighted by molar-refractivity contribution is 7.99. The summed E-state index contributed by atoms with van der Waals surface area (Å²) in [6.07, 6.45) is 7.04. The molecule has 1 heterocycles. The molecule has 3 nitrogen and oxygen atoms in total. The number of hydrogen-bond donors (Lipinski definition) is 1. The van der Waals surface area contributed by atoms with Gasteiger partial charge in [0.2, 0.25) is 0 Å². The first-order chi connectivity index (χ1) is 11.2. The molecule has 0 bridgehead atoms. The second-order valence-corrected chi connectivity index (χ2v) is 8.16. The van der Waals surface area contributed by atoms with Crippen molar-refractivity contribution >= 4 is 29.4 Å². The van der Waals surface area contributed by atoms with Crippen LogP contribution in [0.1, 0.15) is 49.3 Å². The molecule has 1 saturated carbocycles. The van der Waals surface area contributed by atoms with Gasteiger partial charge in [0.1, 0.15) is 0 Å². The van der Waals surface area contributed by atoms with E-state index in [9.17, 15) is 4.79 Å². The maximum atomic E-state index is 12.5. The van der Waals surface area contributed by atoms with Crippen molar-refractivity contribution in [3.8, 4) is 0 Å². The van der Waals surface area contributed by atoms with Gasteiger partial charge in [0, 0.05) is 35.2 Å². The molecule has 5 heteroatoms. The second kappa shape index (κ2) is 8.29. The largest absolute Gasteiger partial charge is 0.335 e. The van der Waals surface area contributed by atoms with Crippen molar-refractivity contribution in [2.75, 3.05) is 18.8 Å². The van der Waals surface area contributed by atoms with Gasteiger partial charge >= 0.3 is 6.03 Å². The van der Waals surface area contributed by atoms with E-state index in [1.165, 1.54) is 24.8 Å². The van der Waals surface area contributed by atoms with Crippen LogP contribution in [0.25, 0.3) is 0 Å². The Bertz CT molecular complexity index is 534. The number of halogens is 1. The van der Waals surface area contributed by atoms with Gasteiger partial charge in [-0.3, -0.25) is 0 Å². The highest BCUT2D eigenvalue weighted by Crippen LogP contribution is 2.37. The number of urea groups is 1. The molecule has 1 unspecified atom stereocenters. The van der Waals surface area contributed by atoms with E-state index in [4.69, 9.17) is 11.6 Å². The molecule has 1 aliphatic carbocycles. The van der Waals surface area contributed by atoms with Crippen molar-refractivity contribution in [1.29, 1.82) is 0 Å². The van der Waals surface area contributed by atoms with Crippen molar-refractivity contribution in [3.63, 3.8) is 0 Å². The zero-order valence-electron chi connectivity index (χ0n) is 13.5. The van der Waals surface area contributed by atoms with Crippen LogP contribution in [0.3, 0.4) is 0 Å². The Morgan fingerprint density at radius 1 is 1.13 bits per heavy atom. The van der Waals surface area contributed by atoms with Crippen LogP contribution in [-0.4, -0.2) is 35.8 Å². The van der Waals surface area contributed by atoms with Crippen molar-refractivity contribution in [2.24, 2.45) is 0 Å². The van der Waals surface area contributed by atoms with Gasteiger partial charge in [-0.1, -0.05) is 49.1 Å². The molecular formula is C18H25ClN2OS. The molecule has 1 aromatic rings. The van der Waals surface area contributed by atoms with E-state index >= 15 is 0 Å². The lowest BCUT2D eigenvalue weighted by molar-refractivity contribution is 0.193. The predicted molar refractivity (Wildman–Crippen MR) is 98.2 cm³/mol. The molecule has 1 N–H and O–H groups in total. The summed E-state index contributed by atoms with van der Waals surface area (Å²) >= 11 is 8.24. The molecule has 0 radical (unpaired) electrons. The Morgan fingerprint density at radius 3 is 2.70 bits per heavy atom. The standard InChI is InChI=1S/C18H25ClN2OS/c19-16-9-5-4-8-15(16)17-10-11-21(12-13-23-17)18(22)20-14-6-2-1-3-7-14/h4-5,8-9,14,17H,1-3,6-7,10-13H2,(H,20,22). The number of benzene rings is 1. The van der Waals surface area contributed by atoms with Gasteiger partial charge in [0.15, 0.2) is 0 Å². The third kappa shape index (κ3) is 4.57. The molecule has 2 aliphatic rings. The van der Waals surface area contributed by atoms with Gasteiger partial charge < -0.3 is 10.2 Å². The summed E-state index contributed by atoms with van der Waals surface area (Å²) < 4.78 is 0. The fourth-order valence-corrected chi connectivity index (χ4v) is 5.07. The van der Waals surface area contributed by atoms with Crippen LogP contribution >= 0.6 is 23.4 Å². The second-order valence-electron chi connectivity index (χ2n) is 6.44. The van der Waals surface area contributed by atoms with Crippen molar-refractivity contribution < 1.29 is 4.79 Å². The number of carbonyl (C=O) groups excluding carboxylic acids is 1. The van der Waals surface area contributed by atoms with Crippen LogP contribution < -0.4 is 5.32 Å². The Balaban J connectivity index is 1.55. The molecule has 1 saturated heterocycles. The summed E-state index contributed by atoms with van der Waals surface area (Å²) in [6.45, 7) is 1.63. The summed E-state index contributed by atoms with van der Waals surface area (Å²) in [6, 6.07) is 8.58. The maximum Gasteiger partial charge on any atom is 0.317 e. The molecule has 2 amide bonds. The third-order valence-electron chi connectivity index (χ3n) is 4.81. The number of amides is 2. The fourth-order valence-electron chi connectivity index (χ4n) is 3.47.